The Morgan fingerprint density at radius 1 is 1.42 bits per heavy atom. The van der Waals surface area contributed by atoms with Crippen LogP contribution in [0, 0.1) is 0 Å². The fourth-order valence-electron chi connectivity index (χ4n) is 3.09. The van der Waals surface area contributed by atoms with E-state index in [1.165, 1.54) is 30.6 Å². The molecule has 0 spiro atoms. The van der Waals surface area contributed by atoms with Crippen molar-refractivity contribution >= 4 is 17.2 Å². The van der Waals surface area contributed by atoms with Gasteiger partial charge in [0, 0.05) is 29.4 Å². The van der Waals surface area contributed by atoms with Gasteiger partial charge in [-0.05, 0) is 50.7 Å². The van der Waals surface area contributed by atoms with Crippen molar-refractivity contribution in [3.05, 3.63) is 21.4 Å². The minimum Gasteiger partial charge on any atom is -0.344 e. The van der Waals surface area contributed by atoms with E-state index in [2.05, 4.69) is 18.3 Å². The molecular weight excluding hydrogens is 256 g/mol. The van der Waals surface area contributed by atoms with Gasteiger partial charge in [-0.1, -0.05) is 0 Å². The third-order valence-corrected chi connectivity index (χ3v) is 5.74. The largest absolute Gasteiger partial charge is 0.344 e. The van der Waals surface area contributed by atoms with Crippen LogP contribution in [0.2, 0.25) is 0 Å². The first-order valence-electron chi connectivity index (χ1n) is 7.27. The van der Waals surface area contributed by atoms with Crippen molar-refractivity contribution in [3.63, 3.8) is 0 Å². The highest BCUT2D eigenvalue weighted by Crippen LogP contribution is 2.33. The molecule has 104 valence electrons. The number of hydrogen-bond acceptors (Lipinski definition) is 3. The normalized spacial score (nSPS) is 24.6. The quantitative estimate of drug-likeness (QED) is 0.921. The van der Waals surface area contributed by atoms with Crippen molar-refractivity contribution in [1.82, 2.24) is 10.2 Å². The molecule has 0 aromatic carbocycles. The first-order valence-corrected chi connectivity index (χ1v) is 8.09. The Bertz CT molecular complexity index is 459. The van der Waals surface area contributed by atoms with Crippen molar-refractivity contribution in [1.29, 1.82) is 0 Å². The van der Waals surface area contributed by atoms with E-state index in [1.807, 2.05) is 23.3 Å². The maximum atomic E-state index is 11.9. The van der Waals surface area contributed by atoms with Crippen LogP contribution in [0.4, 0.5) is 0 Å². The molecule has 1 fully saturated rings. The van der Waals surface area contributed by atoms with Gasteiger partial charge in [0.15, 0.2) is 0 Å². The molecule has 1 aromatic rings. The van der Waals surface area contributed by atoms with Crippen LogP contribution in [0.1, 0.15) is 47.5 Å². The van der Waals surface area contributed by atoms with Crippen LogP contribution in [0.5, 0.6) is 0 Å². The predicted molar refractivity (Wildman–Crippen MR) is 78.6 cm³/mol. The van der Waals surface area contributed by atoms with Gasteiger partial charge in [-0.2, -0.15) is 0 Å². The van der Waals surface area contributed by atoms with E-state index in [4.69, 9.17) is 0 Å². The van der Waals surface area contributed by atoms with Crippen LogP contribution in [0.15, 0.2) is 6.07 Å². The standard InChI is InChI=1S/C15H22N2OS/c1-10(16-12-7-8-17(2)15(12)18)14-9-11-5-3-4-6-13(11)19-14/h9-10,12,16H,3-8H2,1-2H3. The molecule has 1 amide bonds. The lowest BCUT2D eigenvalue weighted by Crippen LogP contribution is -2.38. The summed E-state index contributed by atoms with van der Waals surface area (Å²) in [6, 6.07) is 2.66. The van der Waals surface area contributed by atoms with E-state index in [0.29, 0.717) is 0 Å². The van der Waals surface area contributed by atoms with Crippen LogP contribution in [0.3, 0.4) is 0 Å². The predicted octanol–water partition coefficient (Wildman–Crippen LogP) is 2.51. The lowest BCUT2D eigenvalue weighted by molar-refractivity contribution is -0.128. The molecule has 1 aromatic heterocycles. The molecule has 2 unspecified atom stereocenters. The van der Waals surface area contributed by atoms with E-state index >= 15 is 0 Å². The number of rotatable bonds is 3. The van der Waals surface area contributed by atoms with Crippen molar-refractivity contribution < 1.29 is 4.79 Å². The Morgan fingerprint density at radius 2 is 2.21 bits per heavy atom. The molecule has 1 aliphatic carbocycles. The summed E-state index contributed by atoms with van der Waals surface area (Å²) in [5, 5.41) is 3.50. The number of fused-ring (bicyclic) bond motifs is 1. The average Bonchev–Trinajstić information content (AvgIpc) is 2.97. The molecule has 3 nitrogen and oxygen atoms in total. The first-order chi connectivity index (χ1) is 9.15. The molecule has 1 saturated heterocycles. The van der Waals surface area contributed by atoms with Gasteiger partial charge in [0.1, 0.15) is 0 Å². The maximum Gasteiger partial charge on any atom is 0.239 e. The molecule has 0 bridgehead atoms. The maximum absolute atomic E-state index is 11.9. The van der Waals surface area contributed by atoms with Gasteiger partial charge in [0.25, 0.3) is 0 Å². The Kier molecular flexibility index (Phi) is 3.63. The van der Waals surface area contributed by atoms with E-state index < -0.39 is 0 Å². The summed E-state index contributed by atoms with van der Waals surface area (Å²) in [5.41, 5.74) is 1.55. The van der Waals surface area contributed by atoms with Gasteiger partial charge in [-0.3, -0.25) is 10.1 Å². The second kappa shape index (κ2) is 5.25. The van der Waals surface area contributed by atoms with E-state index in [0.717, 1.165) is 13.0 Å². The zero-order chi connectivity index (χ0) is 13.4. The van der Waals surface area contributed by atoms with Crippen molar-refractivity contribution in [2.45, 2.75) is 51.1 Å². The molecule has 1 aliphatic heterocycles. The number of carbonyl (C=O) groups is 1. The van der Waals surface area contributed by atoms with Crippen molar-refractivity contribution in [2.75, 3.05) is 13.6 Å². The lowest BCUT2D eigenvalue weighted by Gasteiger charge is -2.17. The van der Waals surface area contributed by atoms with Crippen molar-refractivity contribution in [3.8, 4) is 0 Å². The smallest absolute Gasteiger partial charge is 0.239 e. The highest BCUT2D eigenvalue weighted by molar-refractivity contribution is 7.12. The average molecular weight is 278 g/mol. The van der Waals surface area contributed by atoms with Gasteiger partial charge in [0.2, 0.25) is 5.91 Å². The zero-order valence-corrected chi connectivity index (χ0v) is 12.6. The minimum absolute atomic E-state index is 0.0131. The molecule has 0 saturated carbocycles. The highest BCUT2D eigenvalue weighted by Gasteiger charge is 2.30. The van der Waals surface area contributed by atoms with E-state index in [-0.39, 0.29) is 18.0 Å². The summed E-state index contributed by atoms with van der Waals surface area (Å²) in [5.74, 6) is 0.244. The number of likely N-dealkylation sites (tertiary alicyclic amines) is 1. The summed E-state index contributed by atoms with van der Waals surface area (Å²) < 4.78 is 0. The van der Waals surface area contributed by atoms with E-state index in [1.54, 1.807) is 10.4 Å². The van der Waals surface area contributed by atoms with Crippen LogP contribution in [-0.4, -0.2) is 30.4 Å². The number of aryl methyl sites for hydroxylation is 2. The molecule has 4 heteroatoms. The molecule has 1 N–H and O–H groups in total. The van der Waals surface area contributed by atoms with Crippen LogP contribution < -0.4 is 5.32 Å². The molecule has 2 heterocycles. The number of likely N-dealkylation sites (N-methyl/N-ethyl adjacent to an activating group) is 1. The van der Waals surface area contributed by atoms with Crippen molar-refractivity contribution in [2.24, 2.45) is 0 Å². The minimum atomic E-state index is 0.0131. The second-order valence-corrected chi connectivity index (χ2v) is 6.96. The summed E-state index contributed by atoms with van der Waals surface area (Å²) in [6.45, 7) is 3.06. The fourth-order valence-corrected chi connectivity index (χ4v) is 4.36. The summed E-state index contributed by atoms with van der Waals surface area (Å²) in [6.07, 6.45) is 6.09. The Hall–Kier alpha value is -0.870. The van der Waals surface area contributed by atoms with Crippen LogP contribution in [-0.2, 0) is 17.6 Å². The third-order valence-electron chi connectivity index (χ3n) is 4.32. The Labute approximate surface area is 119 Å². The molecular formula is C15H22N2OS. The zero-order valence-electron chi connectivity index (χ0n) is 11.7. The van der Waals surface area contributed by atoms with Gasteiger partial charge >= 0.3 is 0 Å². The Morgan fingerprint density at radius 3 is 2.89 bits per heavy atom. The topological polar surface area (TPSA) is 32.3 Å². The summed E-state index contributed by atoms with van der Waals surface area (Å²) >= 11 is 1.94. The number of hydrogen-bond donors (Lipinski definition) is 1. The molecule has 3 rings (SSSR count). The molecule has 19 heavy (non-hydrogen) atoms. The van der Waals surface area contributed by atoms with E-state index in [9.17, 15) is 4.79 Å². The molecule has 2 atom stereocenters. The summed E-state index contributed by atoms with van der Waals surface area (Å²) in [7, 11) is 1.89. The first kappa shape index (κ1) is 13.1. The SMILES string of the molecule is CC(NC1CCN(C)C1=O)c1cc2c(s1)CCCC2. The number of thiophene rings is 1. The summed E-state index contributed by atoms with van der Waals surface area (Å²) in [4.78, 5) is 16.7. The number of carbonyl (C=O) groups excluding carboxylic acids is 1. The van der Waals surface area contributed by atoms with Gasteiger partial charge in [0.05, 0.1) is 6.04 Å². The third kappa shape index (κ3) is 2.56. The van der Waals surface area contributed by atoms with Crippen LogP contribution in [0.25, 0.3) is 0 Å². The van der Waals surface area contributed by atoms with Gasteiger partial charge < -0.3 is 4.90 Å². The monoisotopic (exact) mass is 278 g/mol. The molecule has 2 aliphatic rings. The molecule has 0 radical (unpaired) electrons. The van der Waals surface area contributed by atoms with Crippen LogP contribution >= 0.6 is 11.3 Å². The van der Waals surface area contributed by atoms with Gasteiger partial charge in [-0.15, -0.1) is 11.3 Å². The highest BCUT2D eigenvalue weighted by atomic mass is 32.1. The number of amides is 1. The number of nitrogens with one attached hydrogen (secondary N) is 1. The second-order valence-electron chi connectivity index (χ2n) is 5.79. The number of nitrogens with zero attached hydrogens (tertiary/aromatic N) is 1. The lowest BCUT2D eigenvalue weighted by atomic mass is 9.99. The van der Waals surface area contributed by atoms with Gasteiger partial charge in [-0.25, -0.2) is 0 Å². The fraction of sp³-hybridized carbons (Fsp3) is 0.667. The Balaban J connectivity index is 1.68.